The molecule has 1 aliphatic rings. The molecule has 1 atom stereocenters. The van der Waals surface area contributed by atoms with E-state index >= 15 is 0 Å². The van der Waals surface area contributed by atoms with Crippen LogP contribution < -0.4 is 10.7 Å². The van der Waals surface area contributed by atoms with Gasteiger partial charge in [0.1, 0.15) is 5.56 Å². The zero-order chi connectivity index (χ0) is 16.4. The summed E-state index contributed by atoms with van der Waals surface area (Å²) in [5, 5.41) is 3.90. The van der Waals surface area contributed by atoms with Crippen molar-refractivity contribution in [3.8, 4) is 0 Å². The van der Waals surface area contributed by atoms with Crippen molar-refractivity contribution in [1.29, 1.82) is 0 Å². The molecule has 1 saturated heterocycles. The highest BCUT2D eigenvalue weighted by atomic mass is 35.5. The van der Waals surface area contributed by atoms with Gasteiger partial charge in [-0.2, -0.15) is 0 Å². The van der Waals surface area contributed by atoms with Gasteiger partial charge in [-0.3, -0.25) is 9.59 Å². The number of benzene rings is 1. The van der Waals surface area contributed by atoms with Crippen molar-refractivity contribution < 1.29 is 4.79 Å². The molecule has 128 valence electrons. The fourth-order valence-corrected chi connectivity index (χ4v) is 3.13. The summed E-state index contributed by atoms with van der Waals surface area (Å²) in [6.45, 7) is 3.62. The lowest BCUT2D eigenvalue weighted by Gasteiger charge is -2.36. The molecule has 2 N–H and O–H groups in total. The molecule has 1 aromatic heterocycles. The second-order valence-corrected chi connectivity index (χ2v) is 6.04. The van der Waals surface area contributed by atoms with Crippen LogP contribution in [0.4, 0.5) is 0 Å². The van der Waals surface area contributed by atoms with Crippen LogP contribution in [0.2, 0.25) is 5.02 Å². The largest absolute Gasteiger partial charge is 0.364 e. The van der Waals surface area contributed by atoms with Gasteiger partial charge in [-0.15, -0.1) is 12.4 Å². The van der Waals surface area contributed by atoms with Crippen molar-refractivity contribution in [2.24, 2.45) is 0 Å². The van der Waals surface area contributed by atoms with Crippen LogP contribution in [0.1, 0.15) is 27.7 Å². The predicted molar refractivity (Wildman–Crippen MR) is 97.1 cm³/mol. The Morgan fingerprint density at radius 1 is 1.33 bits per heavy atom. The van der Waals surface area contributed by atoms with Gasteiger partial charge in [-0.05, 0) is 18.6 Å². The summed E-state index contributed by atoms with van der Waals surface area (Å²) in [6.07, 6.45) is 1.49. The maximum absolute atomic E-state index is 12.9. The number of aromatic nitrogens is 1. The normalized spacial score (nSPS) is 17.2. The highest BCUT2D eigenvalue weighted by molar-refractivity contribution is 6.31. The number of carbonyl (C=O) groups is 1. The minimum Gasteiger partial charge on any atom is -0.364 e. The number of halogens is 2. The van der Waals surface area contributed by atoms with Crippen molar-refractivity contribution >= 4 is 29.9 Å². The number of rotatable bonds is 2. The maximum Gasteiger partial charge on any atom is 0.259 e. The standard InChI is InChI=1S/C17H18ClN3O2.ClH/c1-11-8-16(22)13(9-20-11)17(23)21-7-6-19-10-15(21)12-4-2-3-5-14(12)18;/h2-5,8-9,15,19H,6-7,10H2,1H3,(H,20,22);1H. The van der Waals surface area contributed by atoms with E-state index in [9.17, 15) is 9.59 Å². The first-order valence-corrected chi connectivity index (χ1v) is 7.91. The van der Waals surface area contributed by atoms with Crippen LogP contribution in [0, 0.1) is 6.92 Å². The van der Waals surface area contributed by atoms with Crippen LogP contribution in [-0.2, 0) is 0 Å². The molecule has 2 aromatic rings. The predicted octanol–water partition coefficient (Wildman–Crippen LogP) is 2.55. The first-order chi connectivity index (χ1) is 11.1. The number of amides is 1. The van der Waals surface area contributed by atoms with Crippen LogP contribution in [0.15, 0.2) is 41.3 Å². The van der Waals surface area contributed by atoms with E-state index in [2.05, 4.69) is 10.3 Å². The third-order valence-electron chi connectivity index (χ3n) is 4.06. The fraction of sp³-hybridized carbons (Fsp3) is 0.294. The molecule has 1 aromatic carbocycles. The summed E-state index contributed by atoms with van der Waals surface area (Å²) in [5.41, 5.74) is 1.52. The Balaban J connectivity index is 0.00000208. The minimum absolute atomic E-state index is 0. The number of aryl methyl sites for hydroxylation is 1. The lowest BCUT2D eigenvalue weighted by Crippen LogP contribution is -2.49. The average Bonchev–Trinajstić information content (AvgIpc) is 2.55. The van der Waals surface area contributed by atoms with E-state index in [0.29, 0.717) is 24.7 Å². The number of hydrogen-bond acceptors (Lipinski definition) is 3. The molecule has 0 aliphatic carbocycles. The lowest BCUT2D eigenvalue weighted by atomic mass is 10.0. The maximum atomic E-state index is 12.9. The molecule has 3 rings (SSSR count). The van der Waals surface area contributed by atoms with E-state index < -0.39 is 0 Å². The highest BCUT2D eigenvalue weighted by Crippen LogP contribution is 2.29. The zero-order valence-electron chi connectivity index (χ0n) is 13.2. The van der Waals surface area contributed by atoms with E-state index in [1.54, 1.807) is 11.8 Å². The topological polar surface area (TPSA) is 65.2 Å². The molecule has 24 heavy (non-hydrogen) atoms. The van der Waals surface area contributed by atoms with Gasteiger partial charge in [0.05, 0.1) is 6.04 Å². The summed E-state index contributed by atoms with van der Waals surface area (Å²) in [4.78, 5) is 29.6. The van der Waals surface area contributed by atoms with Crippen LogP contribution in [-0.4, -0.2) is 35.4 Å². The zero-order valence-corrected chi connectivity index (χ0v) is 14.8. The van der Waals surface area contributed by atoms with E-state index in [1.807, 2.05) is 24.3 Å². The Bertz CT molecular complexity index is 791. The molecule has 5 nitrogen and oxygen atoms in total. The summed E-state index contributed by atoms with van der Waals surface area (Å²) < 4.78 is 0. The van der Waals surface area contributed by atoms with E-state index in [0.717, 1.165) is 11.3 Å². The van der Waals surface area contributed by atoms with Gasteiger partial charge >= 0.3 is 0 Å². The van der Waals surface area contributed by atoms with Gasteiger partial charge in [0.25, 0.3) is 5.91 Å². The first-order valence-electron chi connectivity index (χ1n) is 7.53. The molecule has 0 spiro atoms. The van der Waals surface area contributed by atoms with Gasteiger partial charge in [0, 0.05) is 42.6 Å². The number of hydrogen-bond donors (Lipinski definition) is 2. The summed E-state index contributed by atoms with van der Waals surface area (Å²) in [5.74, 6) is -0.266. The number of pyridine rings is 1. The van der Waals surface area contributed by atoms with Crippen molar-refractivity contribution in [1.82, 2.24) is 15.2 Å². The summed E-state index contributed by atoms with van der Waals surface area (Å²) in [6, 6.07) is 8.74. The Morgan fingerprint density at radius 2 is 2.08 bits per heavy atom. The molecule has 0 radical (unpaired) electrons. The first kappa shape index (κ1) is 18.5. The third-order valence-corrected chi connectivity index (χ3v) is 4.40. The van der Waals surface area contributed by atoms with E-state index in [1.165, 1.54) is 12.3 Å². The third kappa shape index (κ3) is 3.64. The highest BCUT2D eigenvalue weighted by Gasteiger charge is 2.30. The summed E-state index contributed by atoms with van der Waals surface area (Å²) >= 11 is 6.29. The molecule has 1 amide bonds. The van der Waals surface area contributed by atoms with Crippen molar-refractivity contribution in [2.45, 2.75) is 13.0 Å². The Labute approximate surface area is 151 Å². The molecule has 2 heterocycles. The van der Waals surface area contributed by atoms with Gasteiger partial charge < -0.3 is 15.2 Å². The van der Waals surface area contributed by atoms with Crippen molar-refractivity contribution in [2.75, 3.05) is 19.6 Å². The van der Waals surface area contributed by atoms with Crippen LogP contribution >= 0.6 is 24.0 Å². The quantitative estimate of drug-likeness (QED) is 0.856. The number of carbonyl (C=O) groups excluding carboxylic acids is 1. The second kappa shape index (κ2) is 7.83. The smallest absolute Gasteiger partial charge is 0.259 e. The van der Waals surface area contributed by atoms with Gasteiger partial charge in [0.15, 0.2) is 5.43 Å². The summed E-state index contributed by atoms with van der Waals surface area (Å²) in [7, 11) is 0. The van der Waals surface area contributed by atoms with E-state index in [4.69, 9.17) is 11.6 Å². The molecular weight excluding hydrogens is 349 g/mol. The van der Waals surface area contributed by atoms with Gasteiger partial charge in [-0.1, -0.05) is 29.8 Å². The number of aromatic amines is 1. The van der Waals surface area contributed by atoms with Crippen molar-refractivity contribution in [3.63, 3.8) is 0 Å². The van der Waals surface area contributed by atoms with Crippen LogP contribution in [0.5, 0.6) is 0 Å². The number of nitrogens with zero attached hydrogens (tertiary/aromatic N) is 1. The molecule has 0 bridgehead atoms. The monoisotopic (exact) mass is 367 g/mol. The number of piperazine rings is 1. The Morgan fingerprint density at radius 3 is 2.79 bits per heavy atom. The Kier molecular flexibility index (Phi) is 6.04. The second-order valence-electron chi connectivity index (χ2n) is 5.63. The van der Waals surface area contributed by atoms with Gasteiger partial charge in [0.2, 0.25) is 0 Å². The molecule has 1 unspecified atom stereocenters. The Hall–Kier alpha value is -1.82. The van der Waals surface area contributed by atoms with E-state index in [-0.39, 0.29) is 35.3 Å². The molecular formula is C17H19Cl2N3O2. The number of nitrogens with one attached hydrogen (secondary N) is 2. The fourth-order valence-electron chi connectivity index (χ4n) is 2.87. The molecule has 1 aliphatic heterocycles. The SMILES string of the molecule is Cc1cc(=O)c(C(=O)N2CCNCC2c2ccccc2Cl)c[nH]1.Cl. The minimum atomic E-state index is -0.266. The lowest BCUT2D eigenvalue weighted by molar-refractivity contribution is 0.0632. The van der Waals surface area contributed by atoms with Crippen molar-refractivity contribution in [3.05, 3.63) is 68.6 Å². The molecule has 7 heteroatoms. The van der Waals surface area contributed by atoms with Gasteiger partial charge in [-0.25, -0.2) is 0 Å². The molecule has 1 fully saturated rings. The average molecular weight is 368 g/mol. The number of H-pyrrole nitrogens is 1. The van der Waals surface area contributed by atoms with Crippen LogP contribution in [0.25, 0.3) is 0 Å². The molecule has 0 saturated carbocycles. The van der Waals surface area contributed by atoms with Crippen LogP contribution in [0.3, 0.4) is 0 Å².